The Kier molecular flexibility index (Phi) is 7.08. The van der Waals surface area contributed by atoms with Crippen molar-refractivity contribution in [3.63, 3.8) is 0 Å². The number of hydrogen-bond acceptors (Lipinski definition) is 4. The number of aliphatic imine (C=N–C) groups is 2. The molecule has 22 heavy (non-hydrogen) atoms. The summed E-state index contributed by atoms with van der Waals surface area (Å²) in [5, 5.41) is 0. The van der Waals surface area contributed by atoms with Gasteiger partial charge in [0.25, 0.3) is 0 Å². The van der Waals surface area contributed by atoms with E-state index in [0.29, 0.717) is 17.3 Å². The summed E-state index contributed by atoms with van der Waals surface area (Å²) < 4.78 is 17.8. The molecule has 1 heterocycles. The van der Waals surface area contributed by atoms with Crippen LogP contribution in [0.3, 0.4) is 0 Å². The highest BCUT2D eigenvalue weighted by molar-refractivity contribution is 5.89. The molecule has 0 aromatic heterocycles. The van der Waals surface area contributed by atoms with Gasteiger partial charge in [-0.1, -0.05) is 13.0 Å². The fourth-order valence-electron chi connectivity index (χ4n) is 1.98. The maximum Gasteiger partial charge on any atom is 0.142 e. The van der Waals surface area contributed by atoms with Crippen molar-refractivity contribution in [2.75, 3.05) is 20.8 Å². The van der Waals surface area contributed by atoms with Crippen LogP contribution in [0.15, 0.2) is 57.6 Å². The van der Waals surface area contributed by atoms with Crippen molar-refractivity contribution >= 4 is 12.6 Å². The van der Waals surface area contributed by atoms with Crippen molar-refractivity contribution in [3.05, 3.63) is 47.7 Å². The molecule has 0 saturated heterocycles. The van der Waals surface area contributed by atoms with Crippen molar-refractivity contribution in [2.24, 2.45) is 15.7 Å². The van der Waals surface area contributed by atoms with E-state index >= 15 is 0 Å². The maximum absolute atomic E-state index is 12.6. The standard InChI is InChI=1S/C16H23FN4O/c1-5-6-13(15(22-4)7-9-17)20-16(18)14-11-12(19-2)8-10-21(14)3/h6-8,10-11,14H,2,5,9H2,1,3-4H3,(H2,18,20)/b13-6+,15-7+. The number of alkyl halides is 1. The minimum atomic E-state index is -0.629. The van der Waals surface area contributed by atoms with E-state index in [0.717, 1.165) is 12.1 Å². The van der Waals surface area contributed by atoms with Crippen LogP contribution in [-0.2, 0) is 4.74 Å². The van der Waals surface area contributed by atoms with Gasteiger partial charge in [-0.15, -0.1) is 0 Å². The Balaban J connectivity index is 3.13. The summed E-state index contributed by atoms with van der Waals surface area (Å²) in [5.41, 5.74) is 7.37. The fourth-order valence-corrected chi connectivity index (χ4v) is 1.98. The van der Waals surface area contributed by atoms with E-state index in [1.54, 1.807) is 0 Å². The molecule has 5 nitrogen and oxygen atoms in total. The fraction of sp³-hybridized carbons (Fsp3) is 0.375. The lowest BCUT2D eigenvalue weighted by Crippen LogP contribution is -2.40. The summed E-state index contributed by atoms with van der Waals surface area (Å²) >= 11 is 0. The number of nitrogens with two attached hydrogens (primary N) is 1. The molecule has 1 atom stereocenters. The summed E-state index contributed by atoms with van der Waals surface area (Å²) in [6.07, 6.45) is 9.45. The summed E-state index contributed by atoms with van der Waals surface area (Å²) in [4.78, 5) is 10.2. The lowest BCUT2D eigenvalue weighted by Gasteiger charge is -2.27. The van der Waals surface area contributed by atoms with Crippen molar-refractivity contribution in [3.8, 4) is 0 Å². The zero-order valence-electron chi connectivity index (χ0n) is 13.3. The van der Waals surface area contributed by atoms with Gasteiger partial charge in [-0.2, -0.15) is 0 Å². The quantitative estimate of drug-likeness (QED) is 0.340. The second kappa shape index (κ2) is 8.81. The highest BCUT2D eigenvalue weighted by atomic mass is 19.1. The molecule has 0 aliphatic carbocycles. The van der Waals surface area contributed by atoms with E-state index in [1.165, 1.54) is 13.2 Å². The average molecular weight is 306 g/mol. The topological polar surface area (TPSA) is 63.2 Å². The predicted octanol–water partition coefficient (Wildman–Crippen LogP) is 2.55. The van der Waals surface area contributed by atoms with Gasteiger partial charge in [0.1, 0.15) is 30.0 Å². The summed E-state index contributed by atoms with van der Waals surface area (Å²) in [6, 6.07) is -0.241. The van der Waals surface area contributed by atoms with Crippen LogP contribution in [0.25, 0.3) is 0 Å². The van der Waals surface area contributed by atoms with Gasteiger partial charge in [0, 0.05) is 13.2 Å². The van der Waals surface area contributed by atoms with E-state index in [4.69, 9.17) is 10.5 Å². The summed E-state index contributed by atoms with van der Waals surface area (Å²) in [7, 11) is 3.36. The van der Waals surface area contributed by atoms with Gasteiger partial charge >= 0.3 is 0 Å². The Hall–Kier alpha value is -2.37. The molecule has 0 saturated carbocycles. The van der Waals surface area contributed by atoms with Gasteiger partial charge in [0.2, 0.25) is 0 Å². The molecule has 0 bridgehead atoms. The van der Waals surface area contributed by atoms with Gasteiger partial charge in [-0.3, -0.25) is 4.99 Å². The number of nitrogens with zero attached hydrogens (tertiary/aromatic N) is 3. The summed E-state index contributed by atoms with van der Waals surface area (Å²) in [6.45, 7) is 4.84. The Labute approximate surface area is 131 Å². The molecule has 1 unspecified atom stereocenters. The first-order valence-corrected chi connectivity index (χ1v) is 7.00. The molecule has 1 rings (SSSR count). The van der Waals surface area contributed by atoms with Crippen LogP contribution in [0, 0.1) is 0 Å². The first-order valence-electron chi connectivity index (χ1n) is 7.00. The smallest absolute Gasteiger partial charge is 0.142 e. The molecule has 0 amide bonds. The Morgan fingerprint density at radius 1 is 1.55 bits per heavy atom. The van der Waals surface area contributed by atoms with Crippen molar-refractivity contribution < 1.29 is 9.13 Å². The number of methoxy groups -OCH3 is 1. The number of rotatable bonds is 7. The number of ether oxygens (including phenoxy) is 1. The molecule has 120 valence electrons. The zero-order valence-corrected chi connectivity index (χ0v) is 13.3. The van der Waals surface area contributed by atoms with Crippen molar-refractivity contribution in [1.29, 1.82) is 0 Å². The first kappa shape index (κ1) is 17.7. The van der Waals surface area contributed by atoms with Crippen molar-refractivity contribution in [1.82, 2.24) is 4.90 Å². The molecule has 1 aliphatic heterocycles. The molecular formula is C16H23FN4O. The van der Waals surface area contributed by atoms with E-state index in [1.807, 2.05) is 43.3 Å². The molecule has 1 aliphatic rings. The number of likely N-dealkylation sites (N-methyl/N-ethyl adjacent to an activating group) is 1. The average Bonchev–Trinajstić information content (AvgIpc) is 2.52. The summed E-state index contributed by atoms with van der Waals surface area (Å²) in [5.74, 6) is 0.738. The molecule has 0 aromatic carbocycles. The van der Waals surface area contributed by atoms with Gasteiger partial charge in [0.15, 0.2) is 0 Å². The SMILES string of the molecule is C=NC1=CC(C(N)=NC(=C/CC)/C(=C\CF)OC)N(C)C=C1. The van der Waals surface area contributed by atoms with Crippen molar-refractivity contribution in [2.45, 2.75) is 19.4 Å². The van der Waals surface area contributed by atoms with E-state index in [-0.39, 0.29) is 6.04 Å². The number of halogens is 1. The molecule has 2 N–H and O–H groups in total. The monoisotopic (exact) mass is 306 g/mol. The third kappa shape index (κ3) is 4.58. The third-order valence-electron chi connectivity index (χ3n) is 3.12. The number of hydrogen-bond donors (Lipinski definition) is 1. The maximum atomic E-state index is 12.6. The lowest BCUT2D eigenvalue weighted by molar-refractivity contribution is 0.296. The van der Waals surface area contributed by atoms with Gasteiger partial charge in [-0.25, -0.2) is 9.38 Å². The largest absolute Gasteiger partial charge is 0.495 e. The van der Waals surface area contributed by atoms with E-state index in [9.17, 15) is 4.39 Å². The highest BCUT2D eigenvalue weighted by Crippen LogP contribution is 2.17. The molecule has 0 fully saturated rings. The normalized spacial score (nSPS) is 20.0. The van der Waals surface area contributed by atoms with Gasteiger partial charge in [-0.05, 0) is 31.4 Å². The molecule has 6 heteroatoms. The first-order chi connectivity index (χ1) is 10.6. The Morgan fingerprint density at radius 3 is 2.82 bits per heavy atom. The van der Waals surface area contributed by atoms with E-state index in [2.05, 4.69) is 16.7 Å². The number of allylic oxidation sites excluding steroid dienone is 3. The highest BCUT2D eigenvalue weighted by Gasteiger charge is 2.18. The van der Waals surface area contributed by atoms with Gasteiger partial charge in [0.05, 0.1) is 12.8 Å². The third-order valence-corrected chi connectivity index (χ3v) is 3.12. The van der Waals surface area contributed by atoms with Crippen LogP contribution in [0.5, 0.6) is 0 Å². The predicted molar refractivity (Wildman–Crippen MR) is 89.4 cm³/mol. The van der Waals surface area contributed by atoms with Crippen LogP contribution < -0.4 is 5.73 Å². The van der Waals surface area contributed by atoms with Crippen LogP contribution in [-0.4, -0.2) is 44.3 Å². The second-order valence-electron chi connectivity index (χ2n) is 4.64. The molecule has 0 spiro atoms. The van der Waals surface area contributed by atoms with Crippen LogP contribution in [0.2, 0.25) is 0 Å². The second-order valence-corrected chi connectivity index (χ2v) is 4.64. The van der Waals surface area contributed by atoms with Crippen LogP contribution in [0.4, 0.5) is 4.39 Å². The number of amidine groups is 1. The van der Waals surface area contributed by atoms with Crippen LogP contribution in [0.1, 0.15) is 13.3 Å². The minimum Gasteiger partial charge on any atom is -0.495 e. The van der Waals surface area contributed by atoms with E-state index < -0.39 is 6.67 Å². The lowest BCUT2D eigenvalue weighted by atomic mass is 10.1. The Bertz CT molecular complexity index is 546. The zero-order chi connectivity index (χ0) is 16.5. The van der Waals surface area contributed by atoms with Gasteiger partial charge < -0.3 is 15.4 Å². The molecule has 0 radical (unpaired) electrons. The minimum absolute atomic E-state index is 0.241. The molecule has 0 aromatic rings. The Morgan fingerprint density at radius 2 is 2.27 bits per heavy atom. The molecular weight excluding hydrogens is 283 g/mol. The van der Waals surface area contributed by atoms with Crippen LogP contribution >= 0.6 is 0 Å².